The first-order chi connectivity index (χ1) is 19.0. The molecule has 2 aromatic carbocycles. The van der Waals surface area contributed by atoms with E-state index in [2.05, 4.69) is 15.6 Å². The Morgan fingerprint density at radius 3 is 2.69 bits per heavy atom. The molecule has 1 saturated heterocycles. The number of methoxy groups -OCH3 is 1. The molecule has 4 aromatic rings. The number of aromatic nitrogens is 3. The molecule has 2 amide bonds. The number of carbonyl (C=O) groups is 3. The van der Waals surface area contributed by atoms with Gasteiger partial charge in [-0.2, -0.15) is 0 Å². The number of benzene rings is 2. The summed E-state index contributed by atoms with van der Waals surface area (Å²) in [6, 6.07) is 16.8. The van der Waals surface area contributed by atoms with Crippen LogP contribution in [0.1, 0.15) is 39.7 Å². The summed E-state index contributed by atoms with van der Waals surface area (Å²) in [6.07, 6.45) is 1.77. The fourth-order valence-electron chi connectivity index (χ4n) is 4.66. The normalized spacial score (nSPS) is 15.7. The lowest BCUT2D eigenvalue weighted by atomic mass is 10.0. The molecule has 202 valence electrons. The fourth-order valence-corrected chi connectivity index (χ4v) is 5.36. The maximum atomic E-state index is 13.9. The Bertz CT molecular complexity index is 1430. The Morgan fingerprint density at radius 1 is 1.15 bits per heavy atom. The number of esters is 1. The zero-order valence-corrected chi connectivity index (χ0v) is 22.3. The van der Waals surface area contributed by atoms with E-state index in [1.165, 1.54) is 18.4 Å². The molecule has 2 aromatic heterocycles. The minimum Gasteiger partial charge on any atom is -0.465 e. The van der Waals surface area contributed by atoms with E-state index in [0.717, 1.165) is 23.2 Å². The summed E-state index contributed by atoms with van der Waals surface area (Å²) in [5.74, 6) is -1.11. The van der Waals surface area contributed by atoms with E-state index in [9.17, 15) is 14.4 Å². The first-order valence-electron chi connectivity index (χ1n) is 12.7. The molecule has 0 saturated carbocycles. The van der Waals surface area contributed by atoms with E-state index in [-0.39, 0.29) is 31.0 Å². The summed E-state index contributed by atoms with van der Waals surface area (Å²) in [5, 5.41) is 13.3. The number of para-hydroxylation sites is 1. The molecule has 11 heteroatoms. The number of amides is 2. The van der Waals surface area contributed by atoms with Gasteiger partial charge in [0.2, 0.25) is 11.8 Å². The predicted octanol–water partition coefficient (Wildman–Crippen LogP) is 3.34. The van der Waals surface area contributed by atoms with Gasteiger partial charge < -0.3 is 19.7 Å². The van der Waals surface area contributed by atoms with Crippen LogP contribution < -0.4 is 5.32 Å². The lowest BCUT2D eigenvalue weighted by molar-refractivity contribution is -0.142. The van der Waals surface area contributed by atoms with Crippen LogP contribution in [0.3, 0.4) is 0 Å². The van der Waals surface area contributed by atoms with E-state index in [4.69, 9.17) is 9.47 Å². The highest BCUT2D eigenvalue weighted by Crippen LogP contribution is 2.27. The number of nitrogens with one attached hydrogen (secondary N) is 1. The van der Waals surface area contributed by atoms with Gasteiger partial charge in [-0.1, -0.05) is 35.5 Å². The quantitative estimate of drug-likeness (QED) is 0.303. The van der Waals surface area contributed by atoms with Crippen molar-refractivity contribution in [3.63, 3.8) is 0 Å². The van der Waals surface area contributed by atoms with Gasteiger partial charge in [-0.25, -0.2) is 9.48 Å². The average molecular weight is 548 g/mol. The van der Waals surface area contributed by atoms with Gasteiger partial charge in [0.1, 0.15) is 18.1 Å². The van der Waals surface area contributed by atoms with Crippen molar-refractivity contribution >= 4 is 40.2 Å². The fraction of sp³-hybridized carbons (Fsp3) is 0.321. The van der Waals surface area contributed by atoms with Crippen molar-refractivity contribution in [1.29, 1.82) is 0 Å². The van der Waals surface area contributed by atoms with Crippen LogP contribution in [-0.2, 0) is 32.2 Å². The summed E-state index contributed by atoms with van der Waals surface area (Å²) in [6.45, 7) is 1.15. The highest BCUT2D eigenvalue weighted by Gasteiger charge is 2.33. The standard InChI is InChI=1S/C28H29N5O5S/c1-37-28(36)20-12-10-19(11-13-20)26(27(35)29-16-21-6-4-14-38-21)32(17-22-7-5-15-39-22)25(34)18-33-24-9-3-2-8-23(24)30-31-33/h2-3,5,7-13,15,21,26H,4,6,14,16-18H2,1H3,(H,29,35)/t21-,26+/m0/s1. The number of fused-ring (bicyclic) bond motifs is 1. The molecule has 1 fully saturated rings. The largest absolute Gasteiger partial charge is 0.465 e. The average Bonchev–Trinajstić information content (AvgIpc) is 3.75. The minimum absolute atomic E-state index is 0.0562. The zero-order chi connectivity index (χ0) is 27.2. The monoisotopic (exact) mass is 547 g/mol. The van der Waals surface area contributed by atoms with Crippen molar-refractivity contribution in [2.75, 3.05) is 20.3 Å². The topological polar surface area (TPSA) is 116 Å². The molecular weight excluding hydrogens is 518 g/mol. The Balaban J connectivity index is 1.48. The van der Waals surface area contributed by atoms with Gasteiger partial charge in [0, 0.05) is 18.0 Å². The van der Waals surface area contributed by atoms with Gasteiger partial charge in [0.15, 0.2) is 0 Å². The molecule has 1 N–H and O–H groups in total. The first kappa shape index (κ1) is 26.5. The molecule has 10 nitrogen and oxygen atoms in total. The molecule has 1 aliphatic rings. The van der Waals surface area contributed by atoms with E-state index in [1.54, 1.807) is 33.8 Å². The molecule has 2 atom stereocenters. The smallest absolute Gasteiger partial charge is 0.337 e. The molecule has 39 heavy (non-hydrogen) atoms. The second-order valence-corrected chi connectivity index (χ2v) is 10.3. The molecule has 5 rings (SSSR count). The van der Waals surface area contributed by atoms with Crippen LogP contribution in [0, 0.1) is 0 Å². The SMILES string of the molecule is COC(=O)c1ccc([C@H](C(=O)NC[C@@H]2CCCO2)N(Cc2cccs2)C(=O)Cn2nnc3ccccc32)cc1. The number of hydrogen-bond acceptors (Lipinski definition) is 8. The third-order valence-corrected chi connectivity index (χ3v) is 7.53. The van der Waals surface area contributed by atoms with Crippen molar-refractivity contribution in [2.24, 2.45) is 0 Å². The van der Waals surface area contributed by atoms with Gasteiger partial charge in [-0.05, 0) is 54.1 Å². The van der Waals surface area contributed by atoms with Crippen LogP contribution in [0.5, 0.6) is 0 Å². The van der Waals surface area contributed by atoms with E-state index in [0.29, 0.717) is 29.8 Å². The maximum Gasteiger partial charge on any atom is 0.337 e. The van der Waals surface area contributed by atoms with Crippen LogP contribution >= 0.6 is 11.3 Å². The van der Waals surface area contributed by atoms with Crippen molar-refractivity contribution in [3.8, 4) is 0 Å². The molecule has 0 bridgehead atoms. The molecule has 0 radical (unpaired) electrons. The van der Waals surface area contributed by atoms with E-state index in [1.807, 2.05) is 41.8 Å². The summed E-state index contributed by atoms with van der Waals surface area (Å²) in [7, 11) is 1.31. The Hall–Kier alpha value is -4.09. The summed E-state index contributed by atoms with van der Waals surface area (Å²) in [4.78, 5) is 42.2. The van der Waals surface area contributed by atoms with Gasteiger partial charge >= 0.3 is 5.97 Å². The van der Waals surface area contributed by atoms with Crippen molar-refractivity contribution in [3.05, 3.63) is 82.0 Å². The molecular formula is C28H29N5O5S. The van der Waals surface area contributed by atoms with Crippen LogP contribution in [0.4, 0.5) is 0 Å². The molecule has 0 aliphatic carbocycles. The lowest BCUT2D eigenvalue weighted by Gasteiger charge is -2.31. The highest BCUT2D eigenvalue weighted by molar-refractivity contribution is 7.09. The lowest BCUT2D eigenvalue weighted by Crippen LogP contribution is -2.46. The summed E-state index contributed by atoms with van der Waals surface area (Å²) in [5.41, 5.74) is 2.33. The molecule has 1 aliphatic heterocycles. The van der Waals surface area contributed by atoms with Gasteiger partial charge in [-0.3, -0.25) is 9.59 Å². The Kier molecular flexibility index (Phi) is 8.28. The van der Waals surface area contributed by atoms with Crippen LogP contribution in [-0.4, -0.2) is 64.0 Å². The third-order valence-electron chi connectivity index (χ3n) is 6.67. The highest BCUT2D eigenvalue weighted by atomic mass is 32.1. The minimum atomic E-state index is -0.956. The molecule has 0 spiro atoms. The van der Waals surface area contributed by atoms with Gasteiger partial charge in [0.25, 0.3) is 0 Å². The van der Waals surface area contributed by atoms with Crippen molar-refractivity contribution in [1.82, 2.24) is 25.2 Å². The number of hydrogen-bond donors (Lipinski definition) is 1. The maximum absolute atomic E-state index is 13.9. The molecule has 0 unspecified atom stereocenters. The molecule has 3 heterocycles. The number of thiophene rings is 1. The Labute approximate surface area is 229 Å². The second kappa shape index (κ2) is 12.2. The third kappa shape index (κ3) is 6.15. The zero-order valence-electron chi connectivity index (χ0n) is 21.5. The van der Waals surface area contributed by atoms with Crippen LogP contribution in [0.25, 0.3) is 11.0 Å². The van der Waals surface area contributed by atoms with Gasteiger partial charge in [0.05, 0.1) is 30.8 Å². The number of rotatable bonds is 10. The van der Waals surface area contributed by atoms with E-state index < -0.39 is 12.0 Å². The van der Waals surface area contributed by atoms with Crippen LogP contribution in [0.15, 0.2) is 66.0 Å². The van der Waals surface area contributed by atoms with Crippen molar-refractivity contribution in [2.45, 2.75) is 38.1 Å². The van der Waals surface area contributed by atoms with E-state index >= 15 is 0 Å². The van der Waals surface area contributed by atoms with Crippen molar-refractivity contribution < 1.29 is 23.9 Å². The van der Waals surface area contributed by atoms with Gasteiger partial charge in [-0.15, -0.1) is 16.4 Å². The summed E-state index contributed by atoms with van der Waals surface area (Å²) < 4.78 is 12.0. The summed E-state index contributed by atoms with van der Waals surface area (Å²) >= 11 is 1.51. The number of ether oxygens (including phenoxy) is 2. The second-order valence-electron chi connectivity index (χ2n) is 9.23. The first-order valence-corrected chi connectivity index (χ1v) is 13.6. The van der Waals surface area contributed by atoms with Crippen LogP contribution in [0.2, 0.25) is 0 Å². The number of carbonyl (C=O) groups excluding carboxylic acids is 3. The predicted molar refractivity (Wildman–Crippen MR) is 145 cm³/mol. The Morgan fingerprint density at radius 2 is 1.97 bits per heavy atom. The number of nitrogens with zero attached hydrogens (tertiary/aromatic N) is 4.